The first-order valence-corrected chi connectivity index (χ1v) is 8.88. The SMILES string of the molecule is CCN(CC)CCCNC(=O)/C=C1\SC2C=CC=CC2=NC1=O. The number of carbonyl (C=O) groups excluding carboxylic acids is 2. The predicted octanol–water partition coefficient (Wildman–Crippen LogP) is 1.93. The third-order valence-corrected chi connectivity index (χ3v) is 4.96. The van der Waals surface area contributed by atoms with Gasteiger partial charge in [-0.15, -0.1) is 11.8 Å². The molecule has 23 heavy (non-hydrogen) atoms. The molecular formula is C17H23N3O2S. The van der Waals surface area contributed by atoms with Crippen molar-refractivity contribution in [2.24, 2.45) is 4.99 Å². The van der Waals surface area contributed by atoms with Crippen LogP contribution in [0.15, 0.2) is 40.3 Å². The van der Waals surface area contributed by atoms with Crippen LogP contribution >= 0.6 is 11.8 Å². The van der Waals surface area contributed by atoms with Crippen LogP contribution in [0.3, 0.4) is 0 Å². The Kier molecular flexibility index (Phi) is 6.80. The summed E-state index contributed by atoms with van der Waals surface area (Å²) in [7, 11) is 0. The number of hydrogen-bond donors (Lipinski definition) is 1. The maximum Gasteiger partial charge on any atom is 0.283 e. The molecule has 5 nitrogen and oxygen atoms in total. The quantitative estimate of drug-likeness (QED) is 0.571. The smallest absolute Gasteiger partial charge is 0.283 e. The molecule has 0 fully saturated rings. The summed E-state index contributed by atoms with van der Waals surface area (Å²) in [6.07, 6.45) is 9.87. The molecule has 1 aliphatic heterocycles. The van der Waals surface area contributed by atoms with Crippen molar-refractivity contribution >= 4 is 29.3 Å². The van der Waals surface area contributed by atoms with Crippen LogP contribution < -0.4 is 5.32 Å². The molecule has 0 aromatic rings. The van der Waals surface area contributed by atoms with E-state index in [1.165, 1.54) is 17.8 Å². The van der Waals surface area contributed by atoms with Gasteiger partial charge in [0.25, 0.3) is 5.91 Å². The van der Waals surface area contributed by atoms with Crippen molar-refractivity contribution < 1.29 is 9.59 Å². The Bertz CT molecular complexity index is 574. The highest BCUT2D eigenvalue weighted by Gasteiger charge is 2.26. The van der Waals surface area contributed by atoms with Gasteiger partial charge in [0.15, 0.2) is 0 Å². The molecule has 124 valence electrons. The summed E-state index contributed by atoms with van der Waals surface area (Å²) in [4.78, 5) is 30.7. The summed E-state index contributed by atoms with van der Waals surface area (Å²) in [5.41, 5.74) is 0.749. The molecule has 0 aromatic carbocycles. The van der Waals surface area contributed by atoms with Gasteiger partial charge in [-0.3, -0.25) is 9.59 Å². The summed E-state index contributed by atoms with van der Waals surface area (Å²) in [5.74, 6) is -0.561. The molecule has 6 heteroatoms. The molecule has 1 N–H and O–H groups in total. The van der Waals surface area contributed by atoms with Crippen LogP contribution in [0.4, 0.5) is 0 Å². The molecule has 1 heterocycles. The molecular weight excluding hydrogens is 310 g/mol. The number of nitrogens with one attached hydrogen (secondary N) is 1. The molecule has 0 radical (unpaired) electrons. The van der Waals surface area contributed by atoms with E-state index in [0.717, 1.165) is 31.8 Å². The second-order valence-corrected chi connectivity index (χ2v) is 6.49. The number of fused-ring (bicyclic) bond motifs is 1. The molecule has 0 saturated carbocycles. The fourth-order valence-electron chi connectivity index (χ4n) is 2.39. The van der Waals surface area contributed by atoms with E-state index in [2.05, 4.69) is 29.1 Å². The minimum absolute atomic E-state index is 0.0272. The van der Waals surface area contributed by atoms with E-state index in [4.69, 9.17) is 0 Å². The normalized spacial score (nSPS) is 21.5. The van der Waals surface area contributed by atoms with Crippen LogP contribution in [-0.2, 0) is 9.59 Å². The Balaban J connectivity index is 1.83. The van der Waals surface area contributed by atoms with Crippen molar-refractivity contribution in [3.63, 3.8) is 0 Å². The molecule has 2 amide bonds. The highest BCUT2D eigenvalue weighted by Crippen LogP contribution is 2.31. The first kappa shape index (κ1) is 17.7. The van der Waals surface area contributed by atoms with Crippen LogP contribution in [0.25, 0.3) is 0 Å². The van der Waals surface area contributed by atoms with Gasteiger partial charge in [-0.1, -0.05) is 32.1 Å². The van der Waals surface area contributed by atoms with Gasteiger partial charge in [-0.05, 0) is 32.1 Å². The Morgan fingerprint density at radius 3 is 2.91 bits per heavy atom. The molecule has 0 spiro atoms. The zero-order valence-corrected chi connectivity index (χ0v) is 14.4. The van der Waals surface area contributed by atoms with E-state index >= 15 is 0 Å². The minimum Gasteiger partial charge on any atom is -0.352 e. The zero-order valence-electron chi connectivity index (χ0n) is 13.6. The Labute approximate surface area is 141 Å². The topological polar surface area (TPSA) is 61.8 Å². The summed E-state index contributed by atoms with van der Waals surface area (Å²) in [6, 6.07) is 0. The molecule has 0 saturated heterocycles. The van der Waals surface area contributed by atoms with Gasteiger partial charge in [0.2, 0.25) is 5.91 Å². The summed E-state index contributed by atoms with van der Waals surface area (Å²) >= 11 is 1.38. The summed E-state index contributed by atoms with van der Waals surface area (Å²) in [6.45, 7) is 7.86. The van der Waals surface area contributed by atoms with Crippen molar-refractivity contribution in [1.82, 2.24) is 10.2 Å². The first-order chi connectivity index (χ1) is 11.1. The highest BCUT2D eigenvalue weighted by atomic mass is 32.2. The van der Waals surface area contributed by atoms with E-state index in [1.807, 2.05) is 24.3 Å². The van der Waals surface area contributed by atoms with Crippen LogP contribution in [0.2, 0.25) is 0 Å². The fourth-order valence-corrected chi connectivity index (χ4v) is 3.41. The lowest BCUT2D eigenvalue weighted by molar-refractivity contribution is -0.117. The lowest BCUT2D eigenvalue weighted by Gasteiger charge is -2.20. The predicted molar refractivity (Wildman–Crippen MR) is 95.6 cm³/mol. The lowest BCUT2D eigenvalue weighted by atomic mass is 10.1. The van der Waals surface area contributed by atoms with Crippen LogP contribution in [0, 0.1) is 0 Å². The van der Waals surface area contributed by atoms with Gasteiger partial charge in [0.1, 0.15) is 0 Å². The minimum atomic E-state index is -0.334. The van der Waals surface area contributed by atoms with Crippen LogP contribution in [-0.4, -0.2) is 53.9 Å². The molecule has 1 aliphatic carbocycles. The van der Waals surface area contributed by atoms with Gasteiger partial charge in [0.05, 0.1) is 15.9 Å². The Morgan fingerprint density at radius 2 is 2.17 bits per heavy atom. The van der Waals surface area contributed by atoms with E-state index in [0.29, 0.717) is 11.4 Å². The van der Waals surface area contributed by atoms with Crippen LogP contribution in [0.1, 0.15) is 20.3 Å². The third kappa shape index (κ3) is 5.18. The van der Waals surface area contributed by atoms with Crippen molar-refractivity contribution in [3.8, 4) is 0 Å². The van der Waals surface area contributed by atoms with Gasteiger partial charge < -0.3 is 10.2 Å². The number of hydrogen-bond acceptors (Lipinski definition) is 4. The van der Waals surface area contributed by atoms with E-state index in [9.17, 15) is 9.59 Å². The largest absolute Gasteiger partial charge is 0.352 e. The van der Waals surface area contributed by atoms with Crippen molar-refractivity contribution in [1.29, 1.82) is 0 Å². The molecule has 2 aliphatic rings. The van der Waals surface area contributed by atoms with Crippen molar-refractivity contribution in [2.75, 3.05) is 26.2 Å². The number of amides is 2. The number of allylic oxidation sites excluding steroid dienone is 3. The van der Waals surface area contributed by atoms with E-state index < -0.39 is 0 Å². The molecule has 0 bridgehead atoms. The fraction of sp³-hybridized carbons (Fsp3) is 0.471. The van der Waals surface area contributed by atoms with E-state index in [1.54, 1.807) is 0 Å². The second-order valence-electron chi connectivity index (χ2n) is 5.30. The Hall–Kier alpha value is -1.66. The maximum atomic E-state index is 12.0. The maximum absolute atomic E-state index is 12.0. The van der Waals surface area contributed by atoms with Gasteiger partial charge >= 0.3 is 0 Å². The van der Waals surface area contributed by atoms with Crippen LogP contribution in [0.5, 0.6) is 0 Å². The summed E-state index contributed by atoms with van der Waals surface area (Å²) in [5, 5.41) is 2.87. The van der Waals surface area contributed by atoms with Gasteiger partial charge in [-0.25, -0.2) is 4.99 Å². The van der Waals surface area contributed by atoms with Gasteiger partial charge in [-0.2, -0.15) is 0 Å². The monoisotopic (exact) mass is 333 g/mol. The van der Waals surface area contributed by atoms with Crippen molar-refractivity contribution in [2.45, 2.75) is 25.5 Å². The molecule has 2 rings (SSSR count). The standard InChI is InChI=1S/C17H23N3O2S/c1-3-20(4-2)11-7-10-18-16(21)12-15-17(22)19-13-8-5-6-9-14(13)23-15/h5-6,8-9,12,14H,3-4,7,10-11H2,1-2H3,(H,18,21)/b15-12-. The highest BCUT2D eigenvalue weighted by molar-refractivity contribution is 8.05. The number of rotatable bonds is 7. The second kappa shape index (κ2) is 8.84. The lowest BCUT2D eigenvalue weighted by Crippen LogP contribution is -2.29. The molecule has 1 atom stereocenters. The number of thioether (sulfide) groups is 1. The summed E-state index contributed by atoms with van der Waals surface area (Å²) < 4.78 is 0. The zero-order chi connectivity index (χ0) is 16.7. The Morgan fingerprint density at radius 1 is 1.39 bits per heavy atom. The number of carbonyl (C=O) groups is 2. The average molecular weight is 333 g/mol. The van der Waals surface area contributed by atoms with Gasteiger partial charge in [0, 0.05) is 12.6 Å². The number of nitrogens with zero attached hydrogens (tertiary/aromatic N) is 2. The first-order valence-electron chi connectivity index (χ1n) is 8.00. The third-order valence-electron chi connectivity index (χ3n) is 3.76. The number of aliphatic imine (C=N–C) groups is 1. The average Bonchev–Trinajstić information content (AvgIpc) is 2.55. The van der Waals surface area contributed by atoms with E-state index in [-0.39, 0.29) is 17.1 Å². The molecule has 0 aromatic heterocycles. The van der Waals surface area contributed by atoms with Crippen molar-refractivity contribution in [3.05, 3.63) is 35.3 Å². The molecule has 1 unspecified atom stereocenters.